The molecule has 0 spiro atoms. The minimum absolute atomic E-state index is 0.163. The van der Waals surface area contributed by atoms with Gasteiger partial charge in [0.15, 0.2) is 5.82 Å². The molecular weight excluding hydrogens is 178 g/mol. The van der Waals surface area contributed by atoms with Crippen molar-refractivity contribution in [2.24, 2.45) is 0 Å². The van der Waals surface area contributed by atoms with Crippen LogP contribution in [0, 0.1) is 0 Å². The molecule has 14 heavy (non-hydrogen) atoms. The summed E-state index contributed by atoms with van der Waals surface area (Å²) >= 11 is 0. The van der Waals surface area contributed by atoms with Gasteiger partial charge in [-0.25, -0.2) is 4.98 Å². The number of nitrogens with zero attached hydrogens (tertiary/aromatic N) is 2. The fraction of sp³-hybridized carbons (Fsp3) is 0.100. The summed E-state index contributed by atoms with van der Waals surface area (Å²) in [6.45, 7) is 7.04. The van der Waals surface area contributed by atoms with E-state index in [1.807, 2.05) is 0 Å². The predicted octanol–water partition coefficient (Wildman–Crippen LogP) is 1.63. The van der Waals surface area contributed by atoms with E-state index >= 15 is 0 Å². The topological polar surface area (TPSA) is 54.9 Å². The maximum Gasteiger partial charge on any atom is 0.229 e. The zero-order chi connectivity index (χ0) is 10.4. The average Bonchev–Trinajstić information content (AvgIpc) is 2.19. The van der Waals surface area contributed by atoms with Crippen molar-refractivity contribution in [2.75, 3.05) is 5.32 Å². The van der Waals surface area contributed by atoms with Crippen molar-refractivity contribution in [3.05, 3.63) is 37.3 Å². The Balaban J connectivity index is 2.79. The van der Waals surface area contributed by atoms with Gasteiger partial charge in [-0.2, -0.15) is 0 Å². The Morgan fingerprint density at radius 1 is 1.43 bits per heavy atom. The Labute approximate surface area is 82.4 Å². The summed E-state index contributed by atoms with van der Waals surface area (Å²) in [5.74, 6) is 0.262. The lowest BCUT2D eigenvalue weighted by Crippen LogP contribution is -2.12. The third-order valence-electron chi connectivity index (χ3n) is 1.51. The van der Waals surface area contributed by atoms with E-state index in [0.717, 1.165) is 0 Å². The summed E-state index contributed by atoms with van der Waals surface area (Å²) in [4.78, 5) is 19.2. The Bertz CT molecular complexity index is 360. The molecular formula is C10H11N3O. The van der Waals surface area contributed by atoms with Crippen molar-refractivity contribution in [2.45, 2.75) is 6.42 Å². The van der Waals surface area contributed by atoms with E-state index in [1.165, 1.54) is 18.3 Å². The van der Waals surface area contributed by atoms with Crippen LogP contribution in [0.15, 0.2) is 31.6 Å². The van der Waals surface area contributed by atoms with Crippen LogP contribution in [0.5, 0.6) is 0 Å². The molecule has 0 unspecified atom stereocenters. The van der Waals surface area contributed by atoms with Crippen LogP contribution >= 0.6 is 0 Å². The molecule has 0 aliphatic carbocycles. The molecule has 1 N–H and O–H groups in total. The highest BCUT2D eigenvalue weighted by Gasteiger charge is 2.04. The van der Waals surface area contributed by atoms with Crippen LogP contribution in [0.2, 0.25) is 0 Å². The van der Waals surface area contributed by atoms with Gasteiger partial charge in [0.1, 0.15) is 5.69 Å². The standard InChI is InChI=1S/C10H11N3O/c1-3-5-9(14)13-10-8(4-2)11-6-7-12-10/h3-4,6-7H,1-2,5H2,(H,12,13,14). The molecule has 1 aromatic heterocycles. The predicted molar refractivity (Wildman–Crippen MR) is 55.6 cm³/mol. The SMILES string of the molecule is C=CCC(=O)Nc1nccnc1C=C. The van der Waals surface area contributed by atoms with Crippen molar-refractivity contribution >= 4 is 17.8 Å². The number of hydrogen-bond donors (Lipinski definition) is 1. The summed E-state index contributed by atoms with van der Waals surface area (Å²) in [5.41, 5.74) is 0.560. The molecule has 0 radical (unpaired) electrons. The average molecular weight is 189 g/mol. The van der Waals surface area contributed by atoms with Crippen molar-refractivity contribution in [1.29, 1.82) is 0 Å². The molecule has 0 saturated heterocycles. The number of aromatic nitrogens is 2. The van der Waals surface area contributed by atoms with E-state index in [1.54, 1.807) is 6.20 Å². The van der Waals surface area contributed by atoms with Crippen LogP contribution < -0.4 is 5.32 Å². The maximum atomic E-state index is 11.2. The molecule has 4 heteroatoms. The monoisotopic (exact) mass is 189 g/mol. The molecule has 0 saturated carbocycles. The molecule has 4 nitrogen and oxygen atoms in total. The van der Waals surface area contributed by atoms with Gasteiger partial charge in [-0.05, 0) is 6.08 Å². The van der Waals surface area contributed by atoms with Gasteiger partial charge < -0.3 is 5.32 Å². The molecule has 72 valence electrons. The van der Waals surface area contributed by atoms with Crippen LogP contribution in [-0.2, 0) is 4.79 Å². The van der Waals surface area contributed by atoms with E-state index in [0.29, 0.717) is 11.5 Å². The number of amides is 1. The van der Waals surface area contributed by atoms with Gasteiger partial charge in [0.25, 0.3) is 0 Å². The van der Waals surface area contributed by atoms with Gasteiger partial charge >= 0.3 is 0 Å². The summed E-state index contributed by atoms with van der Waals surface area (Å²) < 4.78 is 0. The molecule has 0 bridgehead atoms. The van der Waals surface area contributed by atoms with Crippen molar-refractivity contribution in [3.63, 3.8) is 0 Å². The fourth-order valence-electron chi connectivity index (χ4n) is 0.909. The van der Waals surface area contributed by atoms with E-state index in [2.05, 4.69) is 28.4 Å². The number of carbonyl (C=O) groups is 1. The van der Waals surface area contributed by atoms with Crippen LogP contribution in [0.1, 0.15) is 12.1 Å². The highest BCUT2D eigenvalue weighted by Crippen LogP contribution is 2.09. The van der Waals surface area contributed by atoms with E-state index < -0.39 is 0 Å². The van der Waals surface area contributed by atoms with Gasteiger partial charge in [0.05, 0.1) is 0 Å². The zero-order valence-electron chi connectivity index (χ0n) is 7.73. The summed E-state index contributed by atoms with van der Waals surface area (Å²) in [6.07, 6.45) is 6.37. The normalized spacial score (nSPS) is 9.14. The molecule has 0 aliphatic heterocycles. The third-order valence-corrected chi connectivity index (χ3v) is 1.51. The molecule has 1 rings (SSSR count). The second-order valence-corrected chi connectivity index (χ2v) is 2.54. The Morgan fingerprint density at radius 2 is 2.14 bits per heavy atom. The smallest absolute Gasteiger partial charge is 0.229 e. The van der Waals surface area contributed by atoms with E-state index in [-0.39, 0.29) is 12.3 Å². The van der Waals surface area contributed by atoms with Crippen LogP contribution in [0.4, 0.5) is 5.82 Å². The molecule has 0 fully saturated rings. The second kappa shape index (κ2) is 4.91. The number of hydrogen-bond acceptors (Lipinski definition) is 3. The lowest BCUT2D eigenvalue weighted by atomic mass is 10.3. The molecule has 0 aliphatic rings. The number of rotatable bonds is 4. The largest absolute Gasteiger partial charge is 0.309 e. The highest BCUT2D eigenvalue weighted by atomic mass is 16.1. The molecule has 1 aromatic rings. The summed E-state index contributed by atoms with van der Waals surface area (Å²) in [6, 6.07) is 0. The first-order chi connectivity index (χ1) is 6.77. The van der Waals surface area contributed by atoms with Crippen LogP contribution in [0.3, 0.4) is 0 Å². The van der Waals surface area contributed by atoms with Crippen molar-refractivity contribution < 1.29 is 4.79 Å². The van der Waals surface area contributed by atoms with Crippen LogP contribution in [0.25, 0.3) is 6.08 Å². The second-order valence-electron chi connectivity index (χ2n) is 2.54. The zero-order valence-corrected chi connectivity index (χ0v) is 7.73. The molecule has 0 aromatic carbocycles. The van der Waals surface area contributed by atoms with Crippen LogP contribution in [-0.4, -0.2) is 15.9 Å². The Hall–Kier alpha value is -1.97. The maximum absolute atomic E-state index is 11.2. The first-order valence-electron chi connectivity index (χ1n) is 4.12. The van der Waals surface area contributed by atoms with Gasteiger partial charge in [-0.1, -0.05) is 12.7 Å². The first kappa shape index (κ1) is 10.1. The number of anilines is 1. The summed E-state index contributed by atoms with van der Waals surface area (Å²) in [7, 11) is 0. The third kappa shape index (κ3) is 2.52. The van der Waals surface area contributed by atoms with Crippen molar-refractivity contribution in [1.82, 2.24) is 9.97 Å². The summed E-state index contributed by atoms with van der Waals surface area (Å²) in [5, 5.41) is 2.61. The van der Waals surface area contributed by atoms with Crippen molar-refractivity contribution in [3.8, 4) is 0 Å². The lowest BCUT2D eigenvalue weighted by molar-refractivity contribution is -0.115. The van der Waals surface area contributed by atoms with E-state index in [4.69, 9.17) is 0 Å². The van der Waals surface area contributed by atoms with E-state index in [9.17, 15) is 4.79 Å². The number of nitrogens with one attached hydrogen (secondary N) is 1. The fourth-order valence-corrected chi connectivity index (χ4v) is 0.909. The molecule has 0 atom stereocenters. The minimum Gasteiger partial charge on any atom is -0.309 e. The Kier molecular flexibility index (Phi) is 3.55. The lowest BCUT2D eigenvalue weighted by Gasteiger charge is -2.04. The minimum atomic E-state index is -0.163. The molecule has 1 heterocycles. The molecule has 1 amide bonds. The number of carbonyl (C=O) groups excluding carboxylic acids is 1. The van der Waals surface area contributed by atoms with Gasteiger partial charge in [-0.3, -0.25) is 9.78 Å². The van der Waals surface area contributed by atoms with Gasteiger partial charge in [-0.15, -0.1) is 6.58 Å². The van der Waals surface area contributed by atoms with Gasteiger partial charge in [0.2, 0.25) is 5.91 Å². The van der Waals surface area contributed by atoms with Gasteiger partial charge in [0, 0.05) is 18.8 Å². The highest BCUT2D eigenvalue weighted by molar-refractivity contribution is 5.92. The quantitative estimate of drug-likeness (QED) is 0.732. The Morgan fingerprint density at radius 3 is 2.79 bits per heavy atom. The first-order valence-corrected chi connectivity index (χ1v) is 4.12.